The summed E-state index contributed by atoms with van der Waals surface area (Å²) in [6.07, 6.45) is 3.74. The zero-order valence-electron chi connectivity index (χ0n) is 15.1. The number of carbonyl (C=O) groups excluding carboxylic acids is 1. The zero-order valence-corrected chi connectivity index (χ0v) is 15.1. The van der Waals surface area contributed by atoms with Crippen LogP contribution in [0.15, 0.2) is 42.7 Å². The van der Waals surface area contributed by atoms with Gasteiger partial charge in [0.1, 0.15) is 5.82 Å². The molecule has 3 heterocycles. The Labute approximate surface area is 152 Å². The lowest BCUT2D eigenvalue weighted by Gasteiger charge is -2.24. The van der Waals surface area contributed by atoms with Crippen LogP contribution in [0, 0.1) is 6.92 Å². The lowest BCUT2D eigenvalue weighted by molar-refractivity contribution is -0.116. The first-order valence-corrected chi connectivity index (χ1v) is 8.81. The number of anilines is 1. The highest BCUT2D eigenvalue weighted by Gasteiger charge is 2.33. The highest BCUT2D eigenvalue weighted by atomic mass is 16.1. The fourth-order valence-corrected chi connectivity index (χ4v) is 3.49. The Bertz CT molecular complexity index is 944. The molecule has 3 aromatic rings. The van der Waals surface area contributed by atoms with Crippen molar-refractivity contribution in [1.29, 1.82) is 0 Å². The Balaban J connectivity index is 1.81. The Morgan fingerprint density at radius 2 is 1.85 bits per heavy atom. The first-order valence-electron chi connectivity index (χ1n) is 8.81. The van der Waals surface area contributed by atoms with Gasteiger partial charge in [0, 0.05) is 30.3 Å². The summed E-state index contributed by atoms with van der Waals surface area (Å²) in [5, 5.41) is 7.55. The molecule has 2 aromatic heterocycles. The predicted octanol–water partition coefficient (Wildman–Crippen LogP) is 3.57. The van der Waals surface area contributed by atoms with Gasteiger partial charge in [-0.25, -0.2) is 9.97 Å². The van der Waals surface area contributed by atoms with Gasteiger partial charge in [0.15, 0.2) is 0 Å². The van der Waals surface area contributed by atoms with Crippen LogP contribution in [0.5, 0.6) is 0 Å². The van der Waals surface area contributed by atoms with E-state index in [1.165, 1.54) is 5.56 Å². The van der Waals surface area contributed by atoms with Gasteiger partial charge in [0.25, 0.3) is 5.95 Å². The minimum atomic E-state index is -0.0208. The van der Waals surface area contributed by atoms with E-state index in [1.54, 1.807) is 23.1 Å². The third kappa shape index (κ3) is 2.77. The second-order valence-corrected chi connectivity index (χ2v) is 6.93. The lowest BCUT2D eigenvalue weighted by atomic mass is 9.85. The van der Waals surface area contributed by atoms with E-state index in [-0.39, 0.29) is 11.8 Å². The van der Waals surface area contributed by atoms with Gasteiger partial charge >= 0.3 is 0 Å². The van der Waals surface area contributed by atoms with Crippen LogP contribution in [0.1, 0.15) is 54.5 Å². The van der Waals surface area contributed by atoms with E-state index in [0.717, 1.165) is 16.8 Å². The van der Waals surface area contributed by atoms with E-state index in [0.29, 0.717) is 24.1 Å². The molecule has 1 N–H and O–H groups in total. The Morgan fingerprint density at radius 1 is 1.15 bits per heavy atom. The number of amides is 1. The van der Waals surface area contributed by atoms with Crippen molar-refractivity contribution in [2.75, 3.05) is 5.32 Å². The molecule has 6 nitrogen and oxygen atoms in total. The number of fused-ring (bicyclic) bond motifs is 1. The van der Waals surface area contributed by atoms with Crippen molar-refractivity contribution in [1.82, 2.24) is 19.7 Å². The summed E-state index contributed by atoms with van der Waals surface area (Å²) in [6.45, 7) is 6.32. The van der Waals surface area contributed by atoms with Crippen LogP contribution >= 0.6 is 0 Å². The number of rotatable bonds is 3. The second-order valence-electron chi connectivity index (χ2n) is 6.93. The molecular formula is C20H21N5O. The average molecular weight is 347 g/mol. The topological polar surface area (TPSA) is 72.7 Å². The summed E-state index contributed by atoms with van der Waals surface area (Å²) in [6, 6.07) is 10.3. The van der Waals surface area contributed by atoms with Gasteiger partial charge in [-0.05, 0) is 30.0 Å². The van der Waals surface area contributed by atoms with Crippen LogP contribution in [0.3, 0.4) is 0 Å². The quantitative estimate of drug-likeness (QED) is 0.786. The normalized spacial score (nSPS) is 16.5. The molecule has 6 heteroatoms. The van der Waals surface area contributed by atoms with Crippen molar-refractivity contribution in [3.63, 3.8) is 0 Å². The van der Waals surface area contributed by atoms with E-state index in [1.807, 2.05) is 6.92 Å². The molecule has 0 spiro atoms. The van der Waals surface area contributed by atoms with Crippen molar-refractivity contribution in [2.45, 2.75) is 39.0 Å². The number of nitrogens with one attached hydrogen (secondary N) is 1. The Morgan fingerprint density at radius 3 is 2.50 bits per heavy atom. The number of aromatic nitrogens is 4. The molecule has 1 aliphatic rings. The maximum atomic E-state index is 12.4. The summed E-state index contributed by atoms with van der Waals surface area (Å²) in [4.78, 5) is 20.9. The number of carbonyl (C=O) groups is 1. The molecule has 26 heavy (non-hydrogen) atoms. The number of aryl methyl sites for hydroxylation is 1. The third-order valence-corrected chi connectivity index (χ3v) is 4.85. The standard InChI is InChI=1S/C20H21N5O/c1-12(2)14-5-7-15(8-6-14)16-11-17(26)23-19-18(16)13(3)24-25(19)20-21-9-4-10-22-20/h4-10,12,16H,11H2,1-3H3,(H,23,26). The second kappa shape index (κ2) is 6.37. The van der Waals surface area contributed by atoms with Gasteiger partial charge in [0.2, 0.25) is 5.91 Å². The van der Waals surface area contributed by atoms with Crippen LogP contribution in [-0.2, 0) is 4.79 Å². The van der Waals surface area contributed by atoms with Crippen LogP contribution in [0.25, 0.3) is 5.95 Å². The summed E-state index contributed by atoms with van der Waals surface area (Å²) in [7, 11) is 0. The molecule has 1 atom stereocenters. The molecule has 0 saturated carbocycles. The monoisotopic (exact) mass is 347 g/mol. The van der Waals surface area contributed by atoms with Gasteiger partial charge in [-0.1, -0.05) is 38.1 Å². The molecule has 0 radical (unpaired) electrons. The molecule has 1 aliphatic heterocycles. The minimum Gasteiger partial charge on any atom is -0.310 e. The van der Waals surface area contributed by atoms with Crippen molar-refractivity contribution in [3.05, 3.63) is 65.1 Å². The molecule has 1 unspecified atom stereocenters. The maximum absolute atomic E-state index is 12.4. The first kappa shape index (κ1) is 16.4. The molecule has 1 amide bonds. The molecule has 0 fully saturated rings. The zero-order chi connectivity index (χ0) is 18.3. The molecule has 4 rings (SSSR count). The van der Waals surface area contributed by atoms with Gasteiger partial charge in [-0.15, -0.1) is 0 Å². The molecule has 0 bridgehead atoms. The minimum absolute atomic E-state index is 0.0163. The highest BCUT2D eigenvalue weighted by molar-refractivity contribution is 5.95. The average Bonchev–Trinajstić information content (AvgIpc) is 2.98. The largest absolute Gasteiger partial charge is 0.310 e. The Hall–Kier alpha value is -3.02. The van der Waals surface area contributed by atoms with Crippen molar-refractivity contribution >= 4 is 11.7 Å². The van der Waals surface area contributed by atoms with E-state index >= 15 is 0 Å². The van der Waals surface area contributed by atoms with Crippen LogP contribution in [0.4, 0.5) is 5.82 Å². The van der Waals surface area contributed by atoms with E-state index in [2.05, 4.69) is 58.5 Å². The summed E-state index contributed by atoms with van der Waals surface area (Å²) in [5.41, 5.74) is 4.33. The summed E-state index contributed by atoms with van der Waals surface area (Å²) in [5.74, 6) is 1.56. The fourth-order valence-electron chi connectivity index (χ4n) is 3.49. The predicted molar refractivity (Wildman–Crippen MR) is 99.5 cm³/mol. The molecule has 132 valence electrons. The van der Waals surface area contributed by atoms with Crippen molar-refractivity contribution < 1.29 is 4.79 Å². The number of hydrogen-bond acceptors (Lipinski definition) is 4. The SMILES string of the molecule is Cc1nn(-c2ncccn2)c2c1C(c1ccc(C(C)C)cc1)CC(=O)N2. The van der Waals surface area contributed by atoms with E-state index < -0.39 is 0 Å². The molecule has 0 aliphatic carbocycles. The summed E-state index contributed by atoms with van der Waals surface area (Å²) >= 11 is 0. The summed E-state index contributed by atoms with van der Waals surface area (Å²) < 4.78 is 1.62. The van der Waals surface area contributed by atoms with Gasteiger partial charge in [-0.3, -0.25) is 4.79 Å². The van der Waals surface area contributed by atoms with E-state index in [9.17, 15) is 4.79 Å². The van der Waals surface area contributed by atoms with E-state index in [4.69, 9.17) is 0 Å². The molecule has 1 aromatic carbocycles. The molecular weight excluding hydrogens is 326 g/mol. The number of nitrogens with zero attached hydrogens (tertiary/aromatic N) is 4. The smallest absolute Gasteiger partial charge is 0.252 e. The van der Waals surface area contributed by atoms with Gasteiger partial charge in [-0.2, -0.15) is 9.78 Å². The first-order chi connectivity index (χ1) is 12.5. The van der Waals surface area contributed by atoms with Crippen molar-refractivity contribution in [2.24, 2.45) is 0 Å². The van der Waals surface area contributed by atoms with Crippen molar-refractivity contribution in [3.8, 4) is 5.95 Å². The van der Waals surface area contributed by atoms with Crippen LogP contribution in [-0.4, -0.2) is 25.7 Å². The maximum Gasteiger partial charge on any atom is 0.252 e. The molecule has 0 saturated heterocycles. The van der Waals surface area contributed by atoms with Gasteiger partial charge < -0.3 is 5.32 Å². The lowest BCUT2D eigenvalue weighted by Crippen LogP contribution is -2.25. The highest BCUT2D eigenvalue weighted by Crippen LogP contribution is 2.40. The van der Waals surface area contributed by atoms with Crippen LogP contribution in [0.2, 0.25) is 0 Å². The number of hydrogen-bond donors (Lipinski definition) is 1. The fraction of sp³-hybridized carbons (Fsp3) is 0.300. The third-order valence-electron chi connectivity index (χ3n) is 4.85. The van der Waals surface area contributed by atoms with Crippen LogP contribution < -0.4 is 5.32 Å². The Kier molecular flexibility index (Phi) is 4.03. The van der Waals surface area contributed by atoms with Gasteiger partial charge in [0.05, 0.1) is 5.69 Å². The number of benzene rings is 1.